The van der Waals surface area contributed by atoms with Gasteiger partial charge in [-0.05, 0) is 75.8 Å². The van der Waals surface area contributed by atoms with Gasteiger partial charge in [-0.2, -0.15) is 0 Å². The maximum absolute atomic E-state index is 13.3. The van der Waals surface area contributed by atoms with E-state index in [0.717, 1.165) is 49.5 Å². The second-order valence-corrected chi connectivity index (χ2v) is 11.0. The number of nitrogens with one attached hydrogen (secondary N) is 2. The minimum atomic E-state index is -0.530. The average molecular weight is 577 g/mol. The number of carbonyl (C=O) groups excluding carboxylic acids is 3. The number of hydrogen-bond donors (Lipinski definition) is 2. The second-order valence-electron chi connectivity index (χ2n) is 10.6. The molecule has 0 spiro atoms. The first kappa shape index (κ1) is 30.9. The smallest absolute Gasteiger partial charge is 0.251 e. The number of anilines is 1. The van der Waals surface area contributed by atoms with Gasteiger partial charge in [0.25, 0.3) is 5.91 Å². The summed E-state index contributed by atoms with van der Waals surface area (Å²) in [5, 5.41) is 6.60. The highest BCUT2D eigenvalue weighted by Gasteiger charge is 2.41. The number of carbonyl (C=O) groups is 3. The zero-order valence-electron chi connectivity index (χ0n) is 23.1. The maximum atomic E-state index is 13.3. The van der Waals surface area contributed by atoms with Crippen molar-refractivity contribution in [1.82, 2.24) is 20.1 Å². The van der Waals surface area contributed by atoms with Gasteiger partial charge in [-0.3, -0.25) is 19.3 Å². The Balaban J connectivity index is 0.00000420. The fourth-order valence-corrected chi connectivity index (χ4v) is 5.44. The molecule has 1 aromatic heterocycles. The lowest BCUT2D eigenvalue weighted by molar-refractivity contribution is -0.136. The molecule has 1 unspecified atom stereocenters. The fraction of sp³-hybridized carbons (Fsp3) is 0.517. The largest absolute Gasteiger partial charge is 0.350 e. The number of pyridine rings is 1. The van der Waals surface area contributed by atoms with Gasteiger partial charge < -0.3 is 15.5 Å². The molecule has 2 aliphatic heterocycles. The third-order valence-corrected chi connectivity index (χ3v) is 8.02. The van der Waals surface area contributed by atoms with Gasteiger partial charge in [-0.25, -0.2) is 4.98 Å². The number of piperidine rings is 1. The number of hydrogen-bond acceptors (Lipinski definition) is 5. The molecule has 1 aromatic carbocycles. The molecule has 3 amide bonds. The molecule has 3 heterocycles. The summed E-state index contributed by atoms with van der Waals surface area (Å²) in [7, 11) is 0. The van der Waals surface area contributed by atoms with Crippen molar-refractivity contribution >= 4 is 47.5 Å². The van der Waals surface area contributed by atoms with E-state index in [-0.39, 0.29) is 42.2 Å². The fourth-order valence-electron chi connectivity index (χ4n) is 5.32. The zero-order valence-corrected chi connectivity index (χ0v) is 24.7. The van der Waals surface area contributed by atoms with Gasteiger partial charge in [-0.1, -0.05) is 30.7 Å². The van der Waals surface area contributed by atoms with Crippen LogP contribution in [0.4, 0.5) is 5.82 Å². The number of rotatable bonds is 8. The summed E-state index contributed by atoms with van der Waals surface area (Å²) in [5.41, 5.74) is 3.39. The lowest BCUT2D eigenvalue weighted by Gasteiger charge is -2.39. The third kappa shape index (κ3) is 7.71. The van der Waals surface area contributed by atoms with Crippen molar-refractivity contribution in [2.24, 2.45) is 0 Å². The van der Waals surface area contributed by atoms with Crippen molar-refractivity contribution in [2.45, 2.75) is 84.5 Å². The van der Waals surface area contributed by atoms with Crippen LogP contribution >= 0.6 is 24.0 Å². The van der Waals surface area contributed by atoms with Crippen LogP contribution in [0.3, 0.4) is 0 Å². The van der Waals surface area contributed by atoms with E-state index in [9.17, 15) is 14.4 Å². The first-order valence-electron chi connectivity index (χ1n) is 13.5. The summed E-state index contributed by atoms with van der Waals surface area (Å²) < 4.78 is 0. The van der Waals surface area contributed by atoms with Crippen LogP contribution in [0.15, 0.2) is 30.3 Å². The number of likely N-dealkylation sites (tertiary alicyclic amines) is 2. The summed E-state index contributed by atoms with van der Waals surface area (Å²) >= 11 is 6.17. The number of nitrogens with zero attached hydrogens (tertiary/aromatic N) is 3. The summed E-state index contributed by atoms with van der Waals surface area (Å²) in [6, 6.07) is 8.98. The first-order valence-corrected chi connectivity index (χ1v) is 13.9. The Morgan fingerprint density at radius 3 is 2.51 bits per heavy atom. The molecule has 2 N–H and O–H groups in total. The Labute approximate surface area is 242 Å². The molecule has 2 atom stereocenters. The molecule has 212 valence electrons. The Bertz CT molecular complexity index is 1200. The van der Waals surface area contributed by atoms with Crippen molar-refractivity contribution < 1.29 is 14.4 Å². The summed E-state index contributed by atoms with van der Waals surface area (Å²) in [5.74, 6) is -0.0840. The van der Waals surface area contributed by atoms with Crippen LogP contribution in [0, 0.1) is 13.8 Å². The molecule has 0 bridgehead atoms. The van der Waals surface area contributed by atoms with E-state index in [4.69, 9.17) is 11.6 Å². The van der Waals surface area contributed by atoms with Crippen LogP contribution in [0.25, 0.3) is 0 Å². The summed E-state index contributed by atoms with van der Waals surface area (Å²) in [6.07, 6.45) is 3.33. The number of benzene rings is 1. The monoisotopic (exact) mass is 575 g/mol. The predicted molar refractivity (Wildman–Crippen MR) is 156 cm³/mol. The van der Waals surface area contributed by atoms with Gasteiger partial charge in [0.2, 0.25) is 11.8 Å². The minimum Gasteiger partial charge on any atom is -0.350 e. The first-order chi connectivity index (χ1) is 18.1. The minimum absolute atomic E-state index is 0. The molecule has 8 nitrogen and oxygen atoms in total. The molecular formula is C29H39Cl2N5O3. The zero-order chi connectivity index (χ0) is 27.4. The Kier molecular flexibility index (Phi) is 10.8. The maximum Gasteiger partial charge on any atom is 0.251 e. The Hall–Kier alpha value is -2.68. The van der Waals surface area contributed by atoms with Crippen molar-refractivity contribution in [3.63, 3.8) is 0 Å². The number of aromatic nitrogens is 1. The second kappa shape index (κ2) is 13.6. The molecule has 0 saturated carbocycles. The Morgan fingerprint density at radius 1 is 1.13 bits per heavy atom. The number of halogens is 2. The molecule has 39 heavy (non-hydrogen) atoms. The van der Waals surface area contributed by atoms with Crippen LogP contribution < -0.4 is 10.6 Å². The van der Waals surface area contributed by atoms with Crippen LogP contribution in [-0.4, -0.2) is 63.7 Å². The molecule has 2 aliphatic rings. The van der Waals surface area contributed by atoms with Gasteiger partial charge in [0.1, 0.15) is 11.9 Å². The normalized spacial score (nSPS) is 18.9. The SMILES string of the molecule is CCC(C)NC(=O)c1cc(C)nc(NC(=O)[C@H]2CCC(=O)N2C2CCN(Cc3ccc(Cl)c(C)c3)CC2)c1.Cl. The topological polar surface area (TPSA) is 94.6 Å². The number of aryl methyl sites for hydroxylation is 2. The highest BCUT2D eigenvalue weighted by atomic mass is 35.5. The lowest BCUT2D eigenvalue weighted by Crippen LogP contribution is -2.51. The highest BCUT2D eigenvalue weighted by Crippen LogP contribution is 2.29. The van der Waals surface area contributed by atoms with E-state index >= 15 is 0 Å². The molecule has 0 radical (unpaired) electrons. The van der Waals surface area contributed by atoms with Gasteiger partial charge in [0.05, 0.1) is 0 Å². The molecule has 2 fully saturated rings. The molecular weight excluding hydrogens is 537 g/mol. The van der Waals surface area contributed by atoms with E-state index in [1.165, 1.54) is 5.56 Å². The van der Waals surface area contributed by atoms with E-state index in [1.807, 2.05) is 26.8 Å². The van der Waals surface area contributed by atoms with Gasteiger partial charge >= 0.3 is 0 Å². The van der Waals surface area contributed by atoms with Gasteiger partial charge in [-0.15, -0.1) is 12.4 Å². The summed E-state index contributed by atoms with van der Waals surface area (Å²) in [6.45, 7) is 10.3. The molecule has 4 rings (SSSR count). The molecule has 2 saturated heterocycles. The Morgan fingerprint density at radius 2 is 1.85 bits per heavy atom. The van der Waals surface area contributed by atoms with Crippen molar-refractivity contribution in [2.75, 3.05) is 18.4 Å². The van der Waals surface area contributed by atoms with Crippen LogP contribution in [0.2, 0.25) is 5.02 Å². The lowest BCUT2D eigenvalue weighted by atomic mass is 10.0. The van der Waals surface area contributed by atoms with E-state index < -0.39 is 6.04 Å². The van der Waals surface area contributed by atoms with Crippen molar-refractivity contribution in [3.8, 4) is 0 Å². The van der Waals surface area contributed by atoms with Crippen LogP contribution in [0.5, 0.6) is 0 Å². The molecule has 2 aromatic rings. The molecule has 10 heteroatoms. The number of amides is 3. The predicted octanol–water partition coefficient (Wildman–Crippen LogP) is 4.90. The van der Waals surface area contributed by atoms with E-state index in [1.54, 1.807) is 24.0 Å². The standard InChI is InChI=1S/C29H38ClN5O3.ClH/c1-5-19(3)32-28(37)22-15-20(4)31-26(16-22)33-29(38)25-8-9-27(36)35(25)23-10-12-34(13-11-23)17-21-6-7-24(30)18(2)14-21;/h6-7,14-16,19,23,25H,5,8-13,17H2,1-4H3,(H,32,37)(H,31,33,38);1H/t19?,25-;/m1./s1. The molecule has 0 aliphatic carbocycles. The van der Waals surface area contributed by atoms with Gasteiger partial charge in [0, 0.05) is 54.4 Å². The van der Waals surface area contributed by atoms with Crippen LogP contribution in [0.1, 0.15) is 73.1 Å². The average Bonchev–Trinajstić information content (AvgIpc) is 3.27. The van der Waals surface area contributed by atoms with E-state index in [2.05, 4.69) is 32.7 Å². The van der Waals surface area contributed by atoms with E-state index in [0.29, 0.717) is 29.9 Å². The van der Waals surface area contributed by atoms with Crippen LogP contribution in [-0.2, 0) is 16.1 Å². The van der Waals surface area contributed by atoms with Crippen molar-refractivity contribution in [1.29, 1.82) is 0 Å². The quantitative estimate of drug-likeness (QED) is 0.467. The van der Waals surface area contributed by atoms with Crippen molar-refractivity contribution in [3.05, 3.63) is 57.7 Å². The van der Waals surface area contributed by atoms with Gasteiger partial charge in [0.15, 0.2) is 0 Å². The third-order valence-electron chi connectivity index (χ3n) is 7.59. The summed E-state index contributed by atoms with van der Waals surface area (Å²) in [4.78, 5) is 47.4. The highest BCUT2D eigenvalue weighted by molar-refractivity contribution is 6.31.